The second kappa shape index (κ2) is 11.8. The minimum atomic E-state index is -4.46. The van der Waals surface area contributed by atoms with Crippen LogP contribution in [0.4, 0.5) is 18.9 Å². The van der Waals surface area contributed by atoms with E-state index in [0.717, 1.165) is 31.8 Å². The van der Waals surface area contributed by atoms with Crippen LogP contribution in [0.1, 0.15) is 31.4 Å². The first-order chi connectivity index (χ1) is 15.1. The molecule has 0 radical (unpaired) electrons. The SMILES string of the molecule is CCN(CC)CCOc1ccc(N(C)C(=O)CCc2ccc(C(F)(F)F)cc2Cl)cc1Cl. The lowest BCUT2D eigenvalue weighted by atomic mass is 10.1. The van der Waals surface area contributed by atoms with Crippen molar-refractivity contribution in [1.29, 1.82) is 0 Å². The zero-order valence-corrected chi connectivity index (χ0v) is 19.8. The normalized spacial score (nSPS) is 11.7. The first-order valence-corrected chi connectivity index (χ1v) is 11.1. The van der Waals surface area contributed by atoms with Crippen LogP contribution in [0.25, 0.3) is 0 Å². The van der Waals surface area contributed by atoms with Crippen LogP contribution in [-0.2, 0) is 17.4 Å². The van der Waals surface area contributed by atoms with Crippen molar-refractivity contribution in [3.8, 4) is 5.75 Å². The summed E-state index contributed by atoms with van der Waals surface area (Å²) in [4.78, 5) is 16.3. The molecule has 1 amide bonds. The van der Waals surface area contributed by atoms with Gasteiger partial charge in [-0.15, -0.1) is 0 Å². The molecule has 2 aromatic carbocycles. The summed E-state index contributed by atoms with van der Waals surface area (Å²) in [5, 5.41) is 0.386. The number of alkyl halides is 3. The lowest BCUT2D eigenvalue weighted by Crippen LogP contribution is -2.28. The van der Waals surface area contributed by atoms with Gasteiger partial charge in [0.15, 0.2) is 0 Å². The van der Waals surface area contributed by atoms with Crippen LogP contribution in [0, 0.1) is 0 Å². The number of rotatable bonds is 10. The van der Waals surface area contributed by atoms with E-state index in [4.69, 9.17) is 27.9 Å². The molecule has 0 bridgehead atoms. The molecule has 0 atom stereocenters. The van der Waals surface area contributed by atoms with E-state index in [0.29, 0.717) is 28.6 Å². The highest BCUT2D eigenvalue weighted by Gasteiger charge is 2.30. The maximum atomic E-state index is 12.8. The molecule has 0 saturated heterocycles. The van der Waals surface area contributed by atoms with Gasteiger partial charge < -0.3 is 14.5 Å². The molecule has 0 saturated carbocycles. The number of carbonyl (C=O) groups excluding carboxylic acids is 1. The van der Waals surface area contributed by atoms with Crippen molar-refractivity contribution < 1.29 is 22.7 Å². The van der Waals surface area contributed by atoms with E-state index in [1.54, 1.807) is 25.2 Å². The minimum absolute atomic E-state index is 0.00969. The van der Waals surface area contributed by atoms with Gasteiger partial charge in [0.2, 0.25) is 5.91 Å². The van der Waals surface area contributed by atoms with Gasteiger partial charge in [-0.2, -0.15) is 13.2 Å². The molecule has 2 rings (SSSR count). The fourth-order valence-electron chi connectivity index (χ4n) is 3.12. The first-order valence-electron chi connectivity index (χ1n) is 10.3. The molecule has 0 aliphatic heterocycles. The maximum absolute atomic E-state index is 12.8. The summed E-state index contributed by atoms with van der Waals surface area (Å²) < 4.78 is 44.0. The largest absolute Gasteiger partial charge is 0.491 e. The smallest absolute Gasteiger partial charge is 0.416 e. The highest BCUT2D eigenvalue weighted by molar-refractivity contribution is 6.32. The van der Waals surface area contributed by atoms with Crippen LogP contribution in [0.15, 0.2) is 36.4 Å². The zero-order chi connectivity index (χ0) is 23.9. The van der Waals surface area contributed by atoms with Gasteiger partial charge in [-0.25, -0.2) is 0 Å². The third-order valence-electron chi connectivity index (χ3n) is 5.22. The molecule has 0 aromatic heterocycles. The molecule has 9 heteroatoms. The Kier molecular flexibility index (Phi) is 9.67. The van der Waals surface area contributed by atoms with E-state index >= 15 is 0 Å². The predicted molar refractivity (Wildman–Crippen MR) is 123 cm³/mol. The van der Waals surface area contributed by atoms with Crippen molar-refractivity contribution in [3.05, 3.63) is 57.6 Å². The van der Waals surface area contributed by atoms with Crippen molar-refractivity contribution >= 4 is 34.8 Å². The summed E-state index contributed by atoms with van der Waals surface area (Å²) in [5.41, 5.74) is 0.259. The Labute approximate surface area is 196 Å². The number of nitrogens with zero attached hydrogens (tertiary/aromatic N) is 2. The van der Waals surface area contributed by atoms with E-state index in [1.165, 1.54) is 11.0 Å². The predicted octanol–water partition coefficient (Wildman–Crippen LogP) is 6.33. The number of anilines is 1. The Morgan fingerprint density at radius 3 is 2.28 bits per heavy atom. The van der Waals surface area contributed by atoms with Gasteiger partial charge in [0.25, 0.3) is 0 Å². The van der Waals surface area contributed by atoms with Crippen LogP contribution < -0.4 is 9.64 Å². The highest BCUT2D eigenvalue weighted by atomic mass is 35.5. The number of hydrogen-bond acceptors (Lipinski definition) is 3. The van der Waals surface area contributed by atoms with Gasteiger partial charge in [-0.05, 0) is 55.4 Å². The Balaban J connectivity index is 1.95. The molecule has 0 fully saturated rings. The standard InChI is InChI=1S/C23H27Cl2F3N2O2/c1-4-30(5-2)12-13-32-21-10-9-18(15-20(21)25)29(3)22(31)11-7-16-6-8-17(14-19(16)24)23(26,27)28/h6,8-10,14-15H,4-5,7,11-13H2,1-3H3. The lowest BCUT2D eigenvalue weighted by Gasteiger charge is -2.20. The number of ether oxygens (including phenoxy) is 1. The molecule has 0 heterocycles. The van der Waals surface area contributed by atoms with Gasteiger partial charge in [0.05, 0.1) is 10.6 Å². The minimum Gasteiger partial charge on any atom is -0.491 e. The monoisotopic (exact) mass is 490 g/mol. The Morgan fingerprint density at radius 1 is 1.03 bits per heavy atom. The van der Waals surface area contributed by atoms with Crippen molar-refractivity contribution in [2.24, 2.45) is 0 Å². The molecular weight excluding hydrogens is 464 g/mol. The quantitative estimate of drug-likeness (QED) is 0.390. The van der Waals surface area contributed by atoms with E-state index in [1.807, 2.05) is 0 Å². The summed E-state index contributed by atoms with van der Waals surface area (Å²) in [6, 6.07) is 8.26. The number of likely N-dealkylation sites (N-methyl/N-ethyl adjacent to an activating group) is 1. The molecule has 0 spiro atoms. The van der Waals surface area contributed by atoms with Gasteiger partial charge in [-0.3, -0.25) is 4.79 Å². The van der Waals surface area contributed by atoms with Crippen LogP contribution in [0.3, 0.4) is 0 Å². The average molecular weight is 491 g/mol. The van der Waals surface area contributed by atoms with Crippen molar-refractivity contribution in [3.63, 3.8) is 0 Å². The molecule has 32 heavy (non-hydrogen) atoms. The molecule has 0 aliphatic rings. The molecule has 0 N–H and O–H groups in total. The summed E-state index contributed by atoms with van der Waals surface area (Å²) in [6.45, 7) is 7.35. The average Bonchev–Trinajstić information content (AvgIpc) is 2.75. The highest BCUT2D eigenvalue weighted by Crippen LogP contribution is 2.33. The third-order valence-corrected chi connectivity index (χ3v) is 5.87. The molecule has 176 valence electrons. The van der Waals surface area contributed by atoms with E-state index < -0.39 is 11.7 Å². The fraction of sp³-hybridized carbons (Fsp3) is 0.435. The zero-order valence-electron chi connectivity index (χ0n) is 18.3. The Hall–Kier alpha value is -1.96. The Morgan fingerprint density at radius 2 is 1.72 bits per heavy atom. The molecule has 0 unspecified atom stereocenters. The van der Waals surface area contributed by atoms with Crippen LogP contribution in [0.5, 0.6) is 5.75 Å². The summed E-state index contributed by atoms with van der Waals surface area (Å²) in [7, 11) is 1.61. The van der Waals surface area contributed by atoms with E-state index in [2.05, 4.69) is 18.7 Å². The van der Waals surface area contributed by atoms with Crippen LogP contribution in [-0.4, -0.2) is 44.1 Å². The molecule has 0 aliphatic carbocycles. The summed E-state index contributed by atoms with van der Waals surface area (Å²) in [6.07, 6.45) is -4.15. The van der Waals surface area contributed by atoms with Gasteiger partial charge >= 0.3 is 6.18 Å². The van der Waals surface area contributed by atoms with Gasteiger partial charge in [0.1, 0.15) is 12.4 Å². The number of carbonyl (C=O) groups is 1. The van der Waals surface area contributed by atoms with E-state index in [-0.39, 0.29) is 23.8 Å². The van der Waals surface area contributed by atoms with Crippen molar-refractivity contribution in [2.75, 3.05) is 38.2 Å². The number of amides is 1. The van der Waals surface area contributed by atoms with Crippen LogP contribution >= 0.6 is 23.2 Å². The van der Waals surface area contributed by atoms with Crippen molar-refractivity contribution in [1.82, 2.24) is 4.90 Å². The van der Waals surface area contributed by atoms with E-state index in [9.17, 15) is 18.0 Å². The topological polar surface area (TPSA) is 32.8 Å². The van der Waals surface area contributed by atoms with Crippen LogP contribution in [0.2, 0.25) is 10.0 Å². The number of halogens is 5. The van der Waals surface area contributed by atoms with Gasteiger partial charge in [-0.1, -0.05) is 43.1 Å². The Bertz CT molecular complexity index is 919. The number of hydrogen-bond donors (Lipinski definition) is 0. The van der Waals surface area contributed by atoms with Gasteiger partial charge in [0, 0.05) is 30.7 Å². The number of aryl methyl sites for hydroxylation is 1. The molecule has 4 nitrogen and oxygen atoms in total. The fourth-order valence-corrected chi connectivity index (χ4v) is 3.62. The molecule has 2 aromatic rings. The second-order valence-corrected chi connectivity index (χ2v) is 8.06. The first kappa shape index (κ1) is 26.3. The summed E-state index contributed by atoms with van der Waals surface area (Å²) >= 11 is 12.3. The summed E-state index contributed by atoms with van der Waals surface area (Å²) in [5.74, 6) is 0.326. The number of benzene rings is 2. The van der Waals surface area contributed by atoms with Crippen molar-refractivity contribution in [2.45, 2.75) is 32.9 Å². The lowest BCUT2D eigenvalue weighted by molar-refractivity contribution is -0.137. The third kappa shape index (κ3) is 7.29. The second-order valence-electron chi connectivity index (χ2n) is 7.25. The maximum Gasteiger partial charge on any atom is 0.416 e. The molecular formula is C23H27Cl2F3N2O2.